The molecule has 0 aromatic carbocycles. The molecule has 1 fully saturated rings. The average Bonchev–Trinajstić information content (AvgIpc) is 2.97. The van der Waals surface area contributed by atoms with Crippen LogP contribution in [0.25, 0.3) is 0 Å². The van der Waals surface area contributed by atoms with E-state index in [2.05, 4.69) is 9.82 Å². The number of hydrogen-bond donors (Lipinski definition) is 2. The molecule has 2 rings (SSSR count). The van der Waals surface area contributed by atoms with Crippen molar-refractivity contribution in [3.8, 4) is 0 Å². The molecule has 8 heteroatoms. The van der Waals surface area contributed by atoms with Gasteiger partial charge in [0.05, 0.1) is 6.61 Å². The van der Waals surface area contributed by atoms with Crippen molar-refractivity contribution < 1.29 is 13.2 Å². The Kier molecular flexibility index (Phi) is 4.43. The van der Waals surface area contributed by atoms with Gasteiger partial charge < -0.3 is 10.5 Å². The van der Waals surface area contributed by atoms with Crippen molar-refractivity contribution in [1.82, 2.24) is 14.5 Å². The van der Waals surface area contributed by atoms with E-state index in [1.54, 1.807) is 4.68 Å². The number of nitrogens with zero attached hydrogens (tertiary/aromatic N) is 2. The van der Waals surface area contributed by atoms with Crippen molar-refractivity contribution in [2.45, 2.75) is 31.2 Å². The van der Waals surface area contributed by atoms with Crippen LogP contribution in [0.15, 0.2) is 11.1 Å². The van der Waals surface area contributed by atoms with Gasteiger partial charge in [-0.15, -0.1) is 0 Å². The van der Waals surface area contributed by atoms with Gasteiger partial charge in [-0.2, -0.15) is 5.10 Å². The van der Waals surface area contributed by atoms with Gasteiger partial charge in [-0.05, 0) is 18.8 Å². The fourth-order valence-corrected chi connectivity index (χ4v) is 3.21. The predicted molar refractivity (Wildman–Crippen MR) is 71.0 cm³/mol. The van der Waals surface area contributed by atoms with Crippen molar-refractivity contribution >= 4 is 15.8 Å². The molecule has 0 radical (unpaired) electrons. The van der Waals surface area contributed by atoms with E-state index in [-0.39, 0.29) is 16.6 Å². The standard InChI is InChI=1S/C11H20N4O3S/c1-2-4-15-7-10(11(12)14-15)19(16,17)13-6-9-3-5-18-8-9/h7,9,13H,2-6,8H2,1H3,(H2,12,14). The number of ether oxygens (including phenoxy) is 1. The first-order valence-electron chi connectivity index (χ1n) is 6.43. The number of nitrogen functional groups attached to an aromatic ring is 1. The number of rotatable bonds is 6. The number of hydrogen-bond acceptors (Lipinski definition) is 5. The Morgan fingerprint density at radius 3 is 3.05 bits per heavy atom. The molecule has 0 aliphatic carbocycles. The first kappa shape index (κ1) is 14.3. The summed E-state index contributed by atoms with van der Waals surface area (Å²) < 4.78 is 33.6. The topological polar surface area (TPSA) is 99.2 Å². The van der Waals surface area contributed by atoms with Gasteiger partial charge in [0, 0.05) is 25.9 Å². The van der Waals surface area contributed by atoms with Crippen LogP contribution in [0.4, 0.5) is 5.82 Å². The summed E-state index contributed by atoms with van der Waals surface area (Å²) >= 11 is 0. The van der Waals surface area contributed by atoms with Crippen molar-refractivity contribution in [3.63, 3.8) is 0 Å². The zero-order chi connectivity index (χ0) is 13.9. The predicted octanol–water partition coefficient (Wildman–Crippen LogP) is 0.190. The lowest BCUT2D eigenvalue weighted by Crippen LogP contribution is -2.29. The van der Waals surface area contributed by atoms with E-state index >= 15 is 0 Å². The monoisotopic (exact) mass is 288 g/mol. The van der Waals surface area contributed by atoms with Crippen LogP contribution in [0.2, 0.25) is 0 Å². The van der Waals surface area contributed by atoms with E-state index in [1.165, 1.54) is 6.20 Å². The Labute approximate surface area is 113 Å². The molecule has 19 heavy (non-hydrogen) atoms. The summed E-state index contributed by atoms with van der Waals surface area (Å²) in [5.41, 5.74) is 5.67. The molecule has 0 bridgehead atoms. The van der Waals surface area contributed by atoms with Gasteiger partial charge in [0.15, 0.2) is 5.82 Å². The summed E-state index contributed by atoms with van der Waals surface area (Å²) in [6, 6.07) is 0. The van der Waals surface area contributed by atoms with Gasteiger partial charge in [-0.25, -0.2) is 13.1 Å². The van der Waals surface area contributed by atoms with E-state index in [1.807, 2.05) is 6.92 Å². The third-order valence-corrected chi connectivity index (χ3v) is 4.52. The van der Waals surface area contributed by atoms with E-state index in [0.717, 1.165) is 12.8 Å². The fraction of sp³-hybridized carbons (Fsp3) is 0.727. The maximum absolute atomic E-state index is 12.1. The highest BCUT2D eigenvalue weighted by Gasteiger charge is 2.23. The minimum absolute atomic E-state index is 0.0450. The zero-order valence-electron chi connectivity index (χ0n) is 11.0. The summed E-state index contributed by atoms with van der Waals surface area (Å²) in [6.45, 7) is 4.32. The van der Waals surface area contributed by atoms with E-state index in [9.17, 15) is 8.42 Å². The molecule has 0 amide bonds. The largest absolute Gasteiger partial charge is 0.381 e. The fourth-order valence-electron chi connectivity index (χ4n) is 2.02. The summed E-state index contributed by atoms with van der Waals surface area (Å²) in [4.78, 5) is 0.0554. The molecule has 7 nitrogen and oxygen atoms in total. The van der Waals surface area contributed by atoms with Gasteiger partial charge in [0.2, 0.25) is 10.0 Å². The van der Waals surface area contributed by atoms with Crippen molar-refractivity contribution in [1.29, 1.82) is 0 Å². The average molecular weight is 288 g/mol. The first-order valence-corrected chi connectivity index (χ1v) is 7.91. The molecule has 108 valence electrons. The zero-order valence-corrected chi connectivity index (χ0v) is 11.8. The third-order valence-electron chi connectivity index (χ3n) is 3.08. The normalized spacial score (nSPS) is 19.9. The van der Waals surface area contributed by atoms with Gasteiger partial charge in [-0.3, -0.25) is 4.68 Å². The Bertz CT molecular complexity index is 520. The summed E-state index contributed by atoms with van der Waals surface area (Å²) in [5.74, 6) is 0.283. The summed E-state index contributed by atoms with van der Waals surface area (Å²) in [5, 5.41) is 4.00. The molecule has 0 spiro atoms. The van der Waals surface area contributed by atoms with Crippen LogP contribution in [0.3, 0.4) is 0 Å². The Hall–Kier alpha value is -1.12. The van der Waals surface area contributed by atoms with Crippen LogP contribution in [-0.2, 0) is 21.3 Å². The second kappa shape index (κ2) is 5.89. The third kappa shape index (κ3) is 3.46. The quantitative estimate of drug-likeness (QED) is 0.778. The number of aryl methyl sites for hydroxylation is 1. The Balaban J connectivity index is 2.05. The lowest BCUT2D eigenvalue weighted by molar-refractivity contribution is 0.186. The van der Waals surface area contributed by atoms with E-state index in [4.69, 9.17) is 10.5 Å². The minimum Gasteiger partial charge on any atom is -0.381 e. The molecular weight excluding hydrogens is 268 g/mol. The van der Waals surface area contributed by atoms with Crippen molar-refractivity contribution in [2.24, 2.45) is 5.92 Å². The molecule has 1 aromatic heterocycles. The van der Waals surface area contributed by atoms with Crippen LogP contribution in [0.1, 0.15) is 19.8 Å². The maximum Gasteiger partial charge on any atom is 0.245 e. The molecular formula is C11H20N4O3S. The number of sulfonamides is 1. The molecule has 1 aliphatic rings. The van der Waals surface area contributed by atoms with Crippen LogP contribution in [0, 0.1) is 5.92 Å². The Morgan fingerprint density at radius 2 is 2.42 bits per heavy atom. The van der Waals surface area contributed by atoms with Crippen LogP contribution < -0.4 is 10.5 Å². The van der Waals surface area contributed by atoms with E-state index < -0.39 is 10.0 Å². The van der Waals surface area contributed by atoms with E-state index in [0.29, 0.717) is 26.3 Å². The number of nitrogens with two attached hydrogens (primary N) is 1. The molecule has 3 N–H and O–H groups in total. The van der Waals surface area contributed by atoms with Gasteiger partial charge >= 0.3 is 0 Å². The molecule has 0 saturated carbocycles. The summed E-state index contributed by atoms with van der Waals surface area (Å²) in [6.07, 6.45) is 3.23. The minimum atomic E-state index is -3.59. The number of nitrogens with one attached hydrogen (secondary N) is 1. The van der Waals surface area contributed by atoms with Crippen molar-refractivity contribution in [3.05, 3.63) is 6.20 Å². The Morgan fingerprint density at radius 1 is 1.63 bits per heavy atom. The molecule has 1 unspecified atom stereocenters. The number of anilines is 1. The lowest BCUT2D eigenvalue weighted by Gasteiger charge is -2.09. The first-order chi connectivity index (χ1) is 9.03. The smallest absolute Gasteiger partial charge is 0.245 e. The number of aromatic nitrogens is 2. The second-order valence-corrected chi connectivity index (χ2v) is 6.46. The SMILES string of the molecule is CCCn1cc(S(=O)(=O)NCC2CCOC2)c(N)n1. The van der Waals surface area contributed by atoms with Crippen LogP contribution >= 0.6 is 0 Å². The molecule has 1 aromatic rings. The van der Waals surface area contributed by atoms with Gasteiger partial charge in [0.25, 0.3) is 0 Å². The highest BCUT2D eigenvalue weighted by Crippen LogP contribution is 2.17. The highest BCUT2D eigenvalue weighted by molar-refractivity contribution is 7.89. The second-order valence-electron chi connectivity index (χ2n) is 4.72. The maximum atomic E-state index is 12.1. The van der Waals surface area contributed by atoms with Crippen LogP contribution in [-0.4, -0.2) is 38.0 Å². The van der Waals surface area contributed by atoms with Crippen molar-refractivity contribution in [2.75, 3.05) is 25.5 Å². The highest BCUT2D eigenvalue weighted by atomic mass is 32.2. The summed E-state index contributed by atoms with van der Waals surface area (Å²) in [7, 11) is -3.59. The van der Waals surface area contributed by atoms with Gasteiger partial charge in [-0.1, -0.05) is 6.92 Å². The molecule has 1 aliphatic heterocycles. The van der Waals surface area contributed by atoms with Crippen LogP contribution in [0.5, 0.6) is 0 Å². The lowest BCUT2D eigenvalue weighted by atomic mass is 10.1. The molecule has 1 atom stereocenters. The molecule has 2 heterocycles. The molecule has 1 saturated heterocycles. The van der Waals surface area contributed by atoms with Gasteiger partial charge in [0.1, 0.15) is 4.90 Å².